The number of benzene rings is 8. The summed E-state index contributed by atoms with van der Waals surface area (Å²) in [7, 11) is 0. The lowest BCUT2D eigenvalue weighted by Gasteiger charge is -2.44. The summed E-state index contributed by atoms with van der Waals surface area (Å²) in [4.78, 5) is 35.2. The number of carbonyl (C=O) groups is 1. The number of hydrogen-bond donors (Lipinski definition) is 0. The van der Waals surface area contributed by atoms with Gasteiger partial charge in [0.25, 0.3) is 0 Å². The van der Waals surface area contributed by atoms with Gasteiger partial charge in [0.2, 0.25) is 0 Å². The molecule has 10 aromatic rings. The van der Waals surface area contributed by atoms with Gasteiger partial charge in [-0.1, -0.05) is 121 Å². The number of ketones is 1. The highest BCUT2D eigenvalue weighted by Gasteiger charge is 2.38. The van der Waals surface area contributed by atoms with Crippen LogP contribution in [-0.2, 0) is 43.9 Å². The first kappa shape index (κ1) is 59.0. The van der Waals surface area contributed by atoms with Crippen molar-refractivity contribution in [2.75, 3.05) is 62.2 Å². The topological polar surface area (TPSA) is 103 Å². The van der Waals surface area contributed by atoms with Gasteiger partial charge in [-0.25, -0.2) is 9.97 Å². The van der Waals surface area contributed by atoms with Gasteiger partial charge in [0.05, 0.1) is 34.2 Å². The fourth-order valence-corrected chi connectivity index (χ4v) is 11.9. The van der Waals surface area contributed by atoms with Gasteiger partial charge in [-0.05, 0) is 120 Å². The summed E-state index contributed by atoms with van der Waals surface area (Å²) in [6.07, 6.45) is -8.52. The van der Waals surface area contributed by atoms with E-state index in [0.717, 1.165) is 55.7 Å². The van der Waals surface area contributed by atoms with Gasteiger partial charge in [-0.2, -0.15) is 0 Å². The maximum Gasteiger partial charge on any atom is 0.573 e. The molecule has 0 spiro atoms. The Morgan fingerprint density at radius 3 is 1.11 bits per heavy atom. The summed E-state index contributed by atoms with van der Waals surface area (Å²) in [5, 5.41) is 0. The number of halogens is 6. The van der Waals surface area contributed by atoms with E-state index < -0.39 is 24.8 Å². The number of fused-ring (bicyclic) bond motifs is 2. The van der Waals surface area contributed by atoms with Gasteiger partial charge in [0.15, 0.2) is 5.78 Å². The van der Waals surface area contributed by atoms with Gasteiger partial charge < -0.3 is 37.9 Å². The first-order valence-corrected chi connectivity index (χ1v) is 29.3. The van der Waals surface area contributed by atoms with Gasteiger partial charge in [0, 0.05) is 76.8 Å². The summed E-state index contributed by atoms with van der Waals surface area (Å²) in [5.74, 6) is 2.25. The number of para-hydroxylation sites is 2. The Labute approximate surface area is 505 Å². The largest absolute Gasteiger partial charge is 0.573 e. The summed E-state index contributed by atoms with van der Waals surface area (Å²) in [5.41, 5.74) is 8.84. The van der Waals surface area contributed by atoms with Crippen LogP contribution in [-0.4, -0.2) is 112 Å². The van der Waals surface area contributed by atoms with Crippen LogP contribution in [0.1, 0.15) is 33.9 Å². The van der Waals surface area contributed by atoms with Crippen LogP contribution < -0.4 is 28.7 Å². The number of Topliss-reactive ketones (excluding diaryl/α,β-unsaturated/α-hetero) is 1. The predicted molar refractivity (Wildman–Crippen MR) is 326 cm³/mol. The SMILES string of the molecule is O=C(C(Cc1ccccc1)N1CCN(c2ccc3nc(COc4ccccc4)n(Cc4ccc(OC(F)(F)F)cc4)c3c2)CC1)C(Cc1ccccc1)N1CCN(c2ccc3nc(COc4ccccc4)n(Cc4ccc(OC(F)(F)F)cc4)c3c2)CC1. The summed E-state index contributed by atoms with van der Waals surface area (Å²) in [6, 6.07) is 62.5. The Balaban J connectivity index is 0.777. The lowest BCUT2D eigenvalue weighted by Crippen LogP contribution is -2.60. The minimum Gasteiger partial charge on any atom is -0.486 e. The Kier molecular flexibility index (Phi) is 17.7. The Hall–Kier alpha value is -9.33. The van der Waals surface area contributed by atoms with E-state index in [2.05, 4.69) is 77.6 Å². The number of nitrogens with zero attached hydrogens (tertiary/aromatic N) is 8. The highest BCUT2D eigenvalue weighted by molar-refractivity contribution is 5.90. The van der Waals surface area contributed by atoms with Crippen LogP contribution in [0.4, 0.5) is 37.7 Å². The first-order chi connectivity index (χ1) is 42.7. The van der Waals surface area contributed by atoms with Crippen LogP contribution in [0.15, 0.2) is 206 Å². The second kappa shape index (κ2) is 26.3. The van der Waals surface area contributed by atoms with E-state index in [1.54, 1.807) is 24.3 Å². The molecule has 2 aromatic heterocycles. The molecule has 2 aliphatic heterocycles. The van der Waals surface area contributed by atoms with Crippen molar-refractivity contribution in [2.45, 2.75) is 64.0 Å². The smallest absolute Gasteiger partial charge is 0.486 e. The van der Waals surface area contributed by atoms with Crippen LogP contribution in [0.3, 0.4) is 0 Å². The molecule has 0 N–H and O–H groups in total. The lowest BCUT2D eigenvalue weighted by atomic mass is 9.91. The first-order valence-electron chi connectivity index (χ1n) is 29.3. The third-order valence-electron chi connectivity index (χ3n) is 16.3. The van der Waals surface area contributed by atoms with E-state index in [1.807, 2.05) is 118 Å². The van der Waals surface area contributed by atoms with E-state index in [9.17, 15) is 26.3 Å². The fourth-order valence-electron chi connectivity index (χ4n) is 11.9. The van der Waals surface area contributed by atoms with Gasteiger partial charge in [-0.3, -0.25) is 14.6 Å². The molecule has 4 heterocycles. The standard InChI is InChI=1S/C69H64F6N8O5/c70-68(71,72)87-57-27-21-51(22-28-57)45-82-61-43-53(25-31-59(61)76-65(82)47-85-55-17-9-3-10-18-55)78-33-37-80(38-34-78)63(41-49-13-5-1-6-14-49)67(84)64(42-50-15-7-2-8-16-50)81-39-35-79(36-40-81)54-26-32-60-62(44-54)83(66(77-60)48-86-56-19-11-4-12-20-56)46-52-23-29-58(30-24-52)88-69(73,74)75/h1-32,43-44,63-64H,33-42,45-48H2. The Morgan fingerprint density at radius 1 is 0.409 bits per heavy atom. The van der Waals surface area contributed by atoms with Gasteiger partial charge in [0.1, 0.15) is 47.9 Å². The Bertz CT molecular complexity index is 3660. The number of piperazine rings is 2. The van der Waals surface area contributed by atoms with Crippen molar-refractivity contribution in [3.63, 3.8) is 0 Å². The maximum atomic E-state index is 15.8. The molecule has 0 amide bonds. The molecule has 12 rings (SSSR count). The summed E-state index contributed by atoms with van der Waals surface area (Å²) in [6.45, 7) is 6.09. The zero-order chi connectivity index (χ0) is 60.6. The van der Waals surface area contributed by atoms with Crippen molar-refractivity contribution in [1.82, 2.24) is 28.9 Å². The molecular weight excluding hydrogens is 1130 g/mol. The molecule has 19 heteroatoms. The number of imidazole rings is 2. The predicted octanol–water partition coefficient (Wildman–Crippen LogP) is 13.2. The zero-order valence-corrected chi connectivity index (χ0v) is 48.1. The molecule has 88 heavy (non-hydrogen) atoms. The van der Waals surface area contributed by atoms with Crippen molar-refractivity contribution in [1.29, 1.82) is 0 Å². The molecule has 2 fully saturated rings. The van der Waals surface area contributed by atoms with Crippen molar-refractivity contribution in [2.24, 2.45) is 0 Å². The summed E-state index contributed by atoms with van der Waals surface area (Å²) >= 11 is 0. The number of anilines is 2. The van der Waals surface area contributed by atoms with E-state index in [1.165, 1.54) is 24.3 Å². The van der Waals surface area contributed by atoms with E-state index in [-0.39, 0.29) is 30.5 Å². The number of ether oxygens (including phenoxy) is 4. The average molecular weight is 1200 g/mol. The minimum absolute atomic E-state index is 0.161. The van der Waals surface area contributed by atoms with Crippen molar-refractivity contribution >= 4 is 39.2 Å². The molecular formula is C69H64F6N8O5. The van der Waals surface area contributed by atoms with Crippen molar-refractivity contribution < 1.29 is 50.1 Å². The molecule has 8 aromatic carbocycles. The van der Waals surface area contributed by atoms with Gasteiger partial charge >= 0.3 is 12.7 Å². The number of rotatable bonds is 22. The highest BCUT2D eigenvalue weighted by atomic mass is 19.4. The number of alkyl halides is 6. The third-order valence-corrected chi connectivity index (χ3v) is 16.3. The van der Waals surface area contributed by atoms with Crippen molar-refractivity contribution in [3.8, 4) is 23.0 Å². The van der Waals surface area contributed by atoms with Gasteiger partial charge in [-0.15, -0.1) is 26.3 Å². The van der Waals surface area contributed by atoms with Crippen LogP contribution in [0, 0.1) is 0 Å². The monoisotopic (exact) mass is 1200 g/mol. The molecule has 2 aliphatic rings. The number of carbonyl (C=O) groups excluding carboxylic acids is 1. The van der Waals surface area contributed by atoms with Crippen LogP contribution in [0.2, 0.25) is 0 Å². The molecule has 0 saturated carbocycles. The lowest BCUT2D eigenvalue weighted by molar-refractivity contribution is -0.275. The maximum absolute atomic E-state index is 15.8. The normalized spacial score (nSPS) is 15.1. The molecule has 0 radical (unpaired) electrons. The van der Waals surface area contributed by atoms with Crippen LogP contribution in [0.5, 0.6) is 23.0 Å². The molecule has 2 saturated heterocycles. The second-order valence-electron chi connectivity index (χ2n) is 22.0. The van der Waals surface area contributed by atoms with E-state index >= 15 is 4.79 Å². The Morgan fingerprint density at radius 2 is 0.761 bits per heavy atom. The third kappa shape index (κ3) is 14.7. The molecule has 452 valence electrons. The second-order valence-corrected chi connectivity index (χ2v) is 22.0. The van der Waals surface area contributed by atoms with Crippen LogP contribution >= 0.6 is 0 Å². The quantitative estimate of drug-likeness (QED) is 0.0606. The fraction of sp³-hybridized carbons (Fsp3) is 0.261. The highest BCUT2D eigenvalue weighted by Crippen LogP contribution is 2.32. The molecule has 0 bridgehead atoms. The number of aromatic nitrogens is 4. The molecule has 0 aliphatic carbocycles. The summed E-state index contributed by atoms with van der Waals surface area (Å²) < 4.78 is 103. The van der Waals surface area contributed by atoms with E-state index in [0.29, 0.717) is 101 Å². The minimum atomic E-state index is -4.80. The molecule has 2 atom stereocenters. The molecule has 13 nitrogen and oxygen atoms in total. The van der Waals surface area contributed by atoms with Crippen molar-refractivity contribution in [3.05, 3.63) is 240 Å². The van der Waals surface area contributed by atoms with E-state index in [4.69, 9.17) is 19.4 Å². The zero-order valence-electron chi connectivity index (χ0n) is 48.1. The molecule has 2 unspecified atom stereocenters. The van der Waals surface area contributed by atoms with Crippen LogP contribution in [0.25, 0.3) is 22.1 Å². The number of hydrogen-bond acceptors (Lipinski definition) is 11. The average Bonchev–Trinajstić information content (AvgIpc) is 4.33.